The predicted molar refractivity (Wildman–Crippen MR) is 80.0 cm³/mol. The second-order valence-corrected chi connectivity index (χ2v) is 6.65. The summed E-state index contributed by atoms with van der Waals surface area (Å²) in [5.41, 5.74) is 1.61. The van der Waals surface area contributed by atoms with Crippen molar-refractivity contribution in [3.63, 3.8) is 0 Å². The number of nitrogens with one attached hydrogen (secondary N) is 1. The molecule has 1 atom stereocenters. The van der Waals surface area contributed by atoms with Gasteiger partial charge in [-0.2, -0.15) is 0 Å². The van der Waals surface area contributed by atoms with Crippen LogP contribution in [0, 0.1) is 5.82 Å². The molecule has 0 saturated carbocycles. The number of hydrogen-bond acceptors (Lipinski definition) is 2. The molecule has 0 saturated heterocycles. The summed E-state index contributed by atoms with van der Waals surface area (Å²) in [5, 5.41) is 2.73. The zero-order chi connectivity index (χ0) is 14.6. The lowest BCUT2D eigenvalue weighted by Gasteiger charge is -2.17. The van der Waals surface area contributed by atoms with E-state index in [1.807, 2.05) is 12.1 Å². The van der Waals surface area contributed by atoms with Crippen molar-refractivity contribution in [2.75, 3.05) is 11.8 Å². The Morgan fingerprint density at radius 2 is 1.90 bits per heavy atom. The van der Waals surface area contributed by atoms with Crippen LogP contribution in [0.15, 0.2) is 48.5 Å². The van der Waals surface area contributed by atoms with Crippen molar-refractivity contribution in [3.8, 4) is 5.75 Å². The third-order valence-corrected chi connectivity index (χ3v) is 3.99. The van der Waals surface area contributed by atoms with Crippen molar-refractivity contribution in [2.45, 2.75) is 13.3 Å². The molecule has 2 aromatic carbocycles. The van der Waals surface area contributed by atoms with E-state index >= 15 is 0 Å². The van der Waals surface area contributed by atoms with E-state index in [1.165, 1.54) is 24.4 Å². The Morgan fingerprint density at radius 1 is 1.20 bits per heavy atom. The topological polar surface area (TPSA) is 38.3 Å². The number of aryl methyl sites for hydroxylation is 1. The van der Waals surface area contributed by atoms with Gasteiger partial charge in [0.2, 0.25) is 0 Å². The predicted octanol–water partition coefficient (Wildman–Crippen LogP) is 4.70. The van der Waals surface area contributed by atoms with Gasteiger partial charge in [0.05, 0.1) is 0 Å². The van der Waals surface area contributed by atoms with E-state index in [1.54, 1.807) is 24.3 Å². The number of halogens is 1. The van der Waals surface area contributed by atoms with Crippen molar-refractivity contribution >= 4 is 13.2 Å². The zero-order valence-corrected chi connectivity index (χ0v) is 12.4. The maximum absolute atomic E-state index is 13.1. The summed E-state index contributed by atoms with van der Waals surface area (Å²) in [6, 6.07) is 13.2. The Balaban J connectivity index is 2.08. The van der Waals surface area contributed by atoms with Crippen LogP contribution in [0.25, 0.3) is 0 Å². The molecule has 0 heterocycles. The largest absolute Gasteiger partial charge is 0.429 e. The van der Waals surface area contributed by atoms with Crippen molar-refractivity contribution in [2.24, 2.45) is 0 Å². The molecule has 0 amide bonds. The summed E-state index contributed by atoms with van der Waals surface area (Å²) in [6.07, 6.45) is 0.936. The maximum atomic E-state index is 13.1. The quantitative estimate of drug-likeness (QED) is 0.812. The van der Waals surface area contributed by atoms with Crippen LogP contribution in [-0.4, -0.2) is 6.66 Å². The summed E-state index contributed by atoms with van der Waals surface area (Å²) in [6.45, 7) is 3.53. The molecule has 0 aliphatic rings. The van der Waals surface area contributed by atoms with Crippen LogP contribution in [0.2, 0.25) is 0 Å². The summed E-state index contributed by atoms with van der Waals surface area (Å²) < 4.78 is 30.9. The molecule has 0 aromatic heterocycles. The lowest BCUT2D eigenvalue weighted by molar-refractivity contribution is 0.493. The van der Waals surface area contributed by atoms with Crippen molar-refractivity contribution < 1.29 is 13.5 Å². The molecule has 3 nitrogen and oxygen atoms in total. The van der Waals surface area contributed by atoms with E-state index in [2.05, 4.69) is 12.0 Å². The average Bonchev–Trinajstić information content (AvgIpc) is 2.38. The number of benzene rings is 2. The standard InChI is InChI=1S/C15H17FNO2P/c1-3-12-7-9-15(10-8-12)19-20(2,18)17-14-6-4-5-13(16)11-14/h4-11H,3H2,1-2H3,(H,17,18)/t20-/m0/s1. The molecule has 0 unspecified atom stereocenters. The van der Waals surface area contributed by atoms with Gasteiger partial charge in [-0.3, -0.25) is 4.57 Å². The Bertz CT molecular complexity index is 628. The van der Waals surface area contributed by atoms with Gasteiger partial charge in [0.15, 0.2) is 0 Å². The molecule has 2 aromatic rings. The van der Waals surface area contributed by atoms with Gasteiger partial charge in [-0.05, 0) is 42.3 Å². The monoisotopic (exact) mass is 293 g/mol. The van der Waals surface area contributed by atoms with E-state index < -0.39 is 7.52 Å². The van der Waals surface area contributed by atoms with Crippen LogP contribution >= 0.6 is 7.52 Å². The van der Waals surface area contributed by atoms with Crippen LogP contribution < -0.4 is 9.61 Å². The highest BCUT2D eigenvalue weighted by atomic mass is 31.2. The molecule has 106 valence electrons. The van der Waals surface area contributed by atoms with Crippen LogP contribution in [0.5, 0.6) is 5.75 Å². The molecule has 0 bridgehead atoms. The van der Waals surface area contributed by atoms with Crippen molar-refractivity contribution in [1.29, 1.82) is 0 Å². The lowest BCUT2D eigenvalue weighted by Crippen LogP contribution is -2.02. The number of anilines is 1. The van der Waals surface area contributed by atoms with E-state index in [-0.39, 0.29) is 5.82 Å². The van der Waals surface area contributed by atoms with E-state index in [0.29, 0.717) is 11.4 Å². The van der Waals surface area contributed by atoms with Crippen LogP contribution in [0.4, 0.5) is 10.1 Å². The van der Waals surface area contributed by atoms with Gasteiger partial charge >= 0.3 is 7.52 Å². The first-order valence-corrected chi connectivity index (χ1v) is 8.45. The van der Waals surface area contributed by atoms with Crippen LogP contribution in [-0.2, 0) is 11.0 Å². The third kappa shape index (κ3) is 4.10. The second kappa shape index (κ2) is 6.10. The molecule has 0 aliphatic heterocycles. The molecule has 2 rings (SSSR count). The van der Waals surface area contributed by atoms with Gasteiger partial charge in [0.1, 0.15) is 11.6 Å². The van der Waals surface area contributed by atoms with Gasteiger partial charge in [0, 0.05) is 12.4 Å². The summed E-state index contributed by atoms with van der Waals surface area (Å²) in [4.78, 5) is 0. The molecule has 0 aliphatic carbocycles. The average molecular weight is 293 g/mol. The molecule has 1 N–H and O–H groups in total. The van der Waals surface area contributed by atoms with Gasteiger partial charge in [-0.1, -0.05) is 25.1 Å². The molecule has 5 heteroatoms. The summed E-state index contributed by atoms with van der Waals surface area (Å²) >= 11 is 0. The van der Waals surface area contributed by atoms with Crippen molar-refractivity contribution in [3.05, 3.63) is 59.9 Å². The van der Waals surface area contributed by atoms with Gasteiger partial charge in [-0.15, -0.1) is 0 Å². The fourth-order valence-corrected chi connectivity index (χ4v) is 2.98. The lowest BCUT2D eigenvalue weighted by atomic mass is 10.2. The zero-order valence-electron chi connectivity index (χ0n) is 11.5. The summed E-state index contributed by atoms with van der Waals surface area (Å²) in [5.74, 6) is 0.138. The highest BCUT2D eigenvalue weighted by Crippen LogP contribution is 2.43. The minimum atomic E-state index is -3.10. The van der Waals surface area contributed by atoms with Gasteiger partial charge in [-0.25, -0.2) is 4.39 Å². The first-order valence-electron chi connectivity index (χ1n) is 6.38. The molecule has 0 spiro atoms. The van der Waals surface area contributed by atoms with Gasteiger partial charge in [0.25, 0.3) is 0 Å². The maximum Gasteiger partial charge on any atom is 0.338 e. The van der Waals surface area contributed by atoms with Gasteiger partial charge < -0.3 is 9.61 Å². The molecular weight excluding hydrogens is 276 g/mol. The van der Waals surface area contributed by atoms with E-state index in [4.69, 9.17) is 4.52 Å². The fraction of sp³-hybridized carbons (Fsp3) is 0.200. The van der Waals surface area contributed by atoms with E-state index in [9.17, 15) is 8.96 Å². The Kier molecular flexibility index (Phi) is 4.46. The Labute approximate surface area is 118 Å². The van der Waals surface area contributed by atoms with Crippen molar-refractivity contribution in [1.82, 2.24) is 0 Å². The molecular formula is C15H17FNO2P. The summed E-state index contributed by atoms with van der Waals surface area (Å²) in [7, 11) is -3.10. The highest BCUT2D eigenvalue weighted by molar-refractivity contribution is 7.60. The normalized spacial score (nSPS) is 13.6. The minimum Gasteiger partial charge on any atom is -0.429 e. The molecule has 0 fully saturated rings. The third-order valence-electron chi connectivity index (χ3n) is 2.77. The molecule has 20 heavy (non-hydrogen) atoms. The Hall–Kier alpha value is -1.80. The second-order valence-electron chi connectivity index (χ2n) is 4.56. The van der Waals surface area contributed by atoms with Crippen LogP contribution in [0.3, 0.4) is 0 Å². The smallest absolute Gasteiger partial charge is 0.338 e. The highest BCUT2D eigenvalue weighted by Gasteiger charge is 2.17. The SMILES string of the molecule is CCc1ccc(O[P@](C)(=O)Nc2cccc(F)c2)cc1. The molecule has 0 radical (unpaired) electrons. The first-order chi connectivity index (χ1) is 9.48. The van der Waals surface area contributed by atoms with Crippen LogP contribution in [0.1, 0.15) is 12.5 Å². The first kappa shape index (κ1) is 14.6. The fourth-order valence-electron chi connectivity index (χ4n) is 1.80. The number of rotatable bonds is 5. The Morgan fingerprint density at radius 3 is 2.50 bits per heavy atom. The number of hydrogen-bond donors (Lipinski definition) is 1. The van der Waals surface area contributed by atoms with E-state index in [0.717, 1.165) is 6.42 Å². The minimum absolute atomic E-state index is 0.387.